The molecule has 0 N–H and O–H groups in total. The number of hydrogen-bond acceptors (Lipinski definition) is 2. The van der Waals surface area contributed by atoms with Crippen molar-refractivity contribution in [3.05, 3.63) is 78.4 Å². The third-order valence-corrected chi connectivity index (χ3v) is 6.49. The van der Waals surface area contributed by atoms with E-state index in [-0.39, 0.29) is 15.0 Å². The molecule has 2 nitrogen and oxygen atoms in total. The maximum absolute atomic E-state index is 6.23. The molecule has 0 atom stereocenters. The summed E-state index contributed by atoms with van der Waals surface area (Å²) >= 11 is 0.176. The Bertz CT molecular complexity index is 999. The van der Waals surface area contributed by atoms with Crippen LogP contribution in [-0.4, -0.2) is 22.1 Å². The van der Waals surface area contributed by atoms with Gasteiger partial charge in [-0.25, -0.2) is 0 Å². The first-order valence-corrected chi connectivity index (χ1v) is 9.86. The van der Waals surface area contributed by atoms with Crippen LogP contribution in [0, 0.1) is 6.92 Å². The number of aryl methyl sites for hydroxylation is 1. The molecule has 0 unspecified atom stereocenters. The first-order valence-electron chi connectivity index (χ1n) is 8.15. The molecule has 124 valence electrons. The van der Waals surface area contributed by atoms with Crippen molar-refractivity contribution in [2.45, 2.75) is 6.92 Å². The Balaban J connectivity index is 1.83. The van der Waals surface area contributed by atoms with E-state index in [2.05, 4.69) is 55.5 Å². The fourth-order valence-electron chi connectivity index (χ4n) is 2.78. The summed E-state index contributed by atoms with van der Waals surface area (Å²) in [6.45, 7) is 2.12. The van der Waals surface area contributed by atoms with E-state index in [1.54, 1.807) is 7.11 Å². The van der Waals surface area contributed by atoms with Crippen molar-refractivity contribution in [1.82, 2.24) is 0 Å². The molecule has 25 heavy (non-hydrogen) atoms. The number of benzene rings is 3. The molecule has 1 heterocycles. The first kappa shape index (κ1) is 16.0. The number of ether oxygens (including phenoxy) is 1. The fourth-order valence-corrected chi connectivity index (χ4v) is 4.96. The van der Waals surface area contributed by atoms with Crippen LogP contribution < -0.4 is 13.7 Å². The van der Waals surface area contributed by atoms with E-state index in [1.165, 1.54) is 19.9 Å². The summed E-state index contributed by atoms with van der Waals surface area (Å²) in [5, 5.41) is 1.20. The van der Waals surface area contributed by atoms with Crippen molar-refractivity contribution < 1.29 is 9.15 Å². The molecule has 0 aliphatic carbocycles. The zero-order valence-corrected chi connectivity index (χ0v) is 15.9. The van der Waals surface area contributed by atoms with Crippen LogP contribution in [0.4, 0.5) is 0 Å². The monoisotopic (exact) mass is 394 g/mol. The average molecular weight is 393 g/mol. The summed E-state index contributed by atoms with van der Waals surface area (Å²) in [5.41, 5.74) is 3.31. The second kappa shape index (κ2) is 6.79. The molecule has 0 aliphatic rings. The summed E-state index contributed by atoms with van der Waals surface area (Å²) in [7, 11) is 1.68. The van der Waals surface area contributed by atoms with Crippen LogP contribution in [-0.2, 0) is 0 Å². The van der Waals surface area contributed by atoms with Gasteiger partial charge in [0, 0.05) is 0 Å². The minimum absolute atomic E-state index is 0.176. The maximum atomic E-state index is 6.23. The van der Waals surface area contributed by atoms with Crippen molar-refractivity contribution in [3.8, 4) is 17.1 Å². The zero-order chi connectivity index (χ0) is 17.2. The van der Waals surface area contributed by atoms with Gasteiger partial charge in [0.15, 0.2) is 0 Å². The molecule has 3 aromatic carbocycles. The normalized spacial score (nSPS) is 11.0. The number of fused-ring (bicyclic) bond motifs is 1. The molecule has 0 radical (unpaired) electrons. The number of methoxy groups -OCH3 is 1. The van der Waals surface area contributed by atoms with E-state index in [9.17, 15) is 0 Å². The SMILES string of the molecule is COc1ccc(-c2oc3ccccc3c2[Se]c2ccc(C)cc2)cc1. The van der Waals surface area contributed by atoms with Crippen molar-refractivity contribution in [2.75, 3.05) is 7.11 Å². The third-order valence-electron chi connectivity index (χ3n) is 4.14. The molecule has 0 amide bonds. The molecule has 0 spiro atoms. The summed E-state index contributed by atoms with van der Waals surface area (Å²) in [4.78, 5) is 0. The van der Waals surface area contributed by atoms with E-state index in [1.807, 2.05) is 24.3 Å². The second-order valence-electron chi connectivity index (χ2n) is 5.90. The number of para-hydroxylation sites is 1. The number of furan rings is 1. The van der Waals surface area contributed by atoms with Crippen molar-refractivity contribution >= 4 is 34.8 Å². The van der Waals surface area contributed by atoms with Gasteiger partial charge in [0.2, 0.25) is 0 Å². The third kappa shape index (κ3) is 3.21. The van der Waals surface area contributed by atoms with Gasteiger partial charge < -0.3 is 0 Å². The summed E-state index contributed by atoms with van der Waals surface area (Å²) in [5.74, 6) is 1.81. The molecule has 0 bridgehead atoms. The van der Waals surface area contributed by atoms with Gasteiger partial charge in [-0.05, 0) is 0 Å². The van der Waals surface area contributed by atoms with Gasteiger partial charge in [-0.3, -0.25) is 0 Å². The average Bonchev–Trinajstić information content (AvgIpc) is 3.02. The summed E-state index contributed by atoms with van der Waals surface area (Å²) in [6.07, 6.45) is 0. The van der Waals surface area contributed by atoms with E-state index >= 15 is 0 Å². The van der Waals surface area contributed by atoms with Crippen LogP contribution >= 0.6 is 0 Å². The van der Waals surface area contributed by atoms with Crippen molar-refractivity contribution in [2.24, 2.45) is 0 Å². The molecule has 4 aromatic rings. The Labute approximate surface area is 153 Å². The zero-order valence-electron chi connectivity index (χ0n) is 14.2. The van der Waals surface area contributed by atoms with Crippen LogP contribution in [0.25, 0.3) is 22.3 Å². The topological polar surface area (TPSA) is 22.4 Å². The predicted octanol–water partition coefficient (Wildman–Crippen LogP) is 4.07. The second-order valence-corrected chi connectivity index (χ2v) is 8.17. The van der Waals surface area contributed by atoms with E-state index < -0.39 is 0 Å². The van der Waals surface area contributed by atoms with Gasteiger partial charge in [-0.2, -0.15) is 0 Å². The van der Waals surface area contributed by atoms with Crippen LogP contribution in [0.5, 0.6) is 5.75 Å². The fraction of sp³-hybridized carbons (Fsp3) is 0.0909. The summed E-state index contributed by atoms with van der Waals surface area (Å²) < 4.78 is 14.1. The van der Waals surface area contributed by atoms with Gasteiger partial charge in [0.25, 0.3) is 0 Å². The van der Waals surface area contributed by atoms with E-state index in [0.29, 0.717) is 0 Å². The Morgan fingerprint density at radius 3 is 2.28 bits per heavy atom. The van der Waals surface area contributed by atoms with Crippen LogP contribution in [0.1, 0.15) is 5.56 Å². The van der Waals surface area contributed by atoms with Crippen LogP contribution in [0.3, 0.4) is 0 Å². The minimum atomic E-state index is 0.176. The quantitative estimate of drug-likeness (QED) is 0.488. The Hall–Kier alpha value is -2.48. The van der Waals surface area contributed by atoms with Gasteiger partial charge in [-0.1, -0.05) is 0 Å². The molecule has 0 saturated carbocycles. The molecule has 3 heteroatoms. The van der Waals surface area contributed by atoms with Gasteiger partial charge in [0.1, 0.15) is 0 Å². The van der Waals surface area contributed by atoms with Gasteiger partial charge in [-0.15, -0.1) is 0 Å². The van der Waals surface area contributed by atoms with Crippen LogP contribution in [0.2, 0.25) is 0 Å². The van der Waals surface area contributed by atoms with Crippen molar-refractivity contribution in [1.29, 1.82) is 0 Å². The number of hydrogen-bond donors (Lipinski definition) is 0. The molecule has 0 aliphatic heterocycles. The standard InChI is InChI=1S/C22H18O2Se/c1-15-7-13-18(14-8-15)25-22-19-5-3-4-6-20(19)24-21(22)16-9-11-17(23-2)12-10-16/h3-14H,1-2H3. The molecule has 0 saturated heterocycles. The van der Waals surface area contributed by atoms with Crippen LogP contribution in [0.15, 0.2) is 77.2 Å². The molecular formula is C22H18O2Se. The van der Waals surface area contributed by atoms with Gasteiger partial charge >= 0.3 is 153 Å². The Morgan fingerprint density at radius 2 is 1.56 bits per heavy atom. The van der Waals surface area contributed by atoms with E-state index in [0.717, 1.165) is 22.7 Å². The molecule has 1 aromatic heterocycles. The Kier molecular flexibility index (Phi) is 4.35. The summed E-state index contributed by atoms with van der Waals surface area (Å²) in [6, 6.07) is 25.1. The molecule has 0 fully saturated rings. The van der Waals surface area contributed by atoms with E-state index in [4.69, 9.17) is 9.15 Å². The molecule has 4 rings (SSSR count). The molecular weight excluding hydrogens is 375 g/mol. The number of rotatable bonds is 4. The predicted molar refractivity (Wildman–Crippen MR) is 104 cm³/mol. The van der Waals surface area contributed by atoms with Gasteiger partial charge in [0.05, 0.1) is 0 Å². The Morgan fingerprint density at radius 1 is 0.840 bits per heavy atom. The van der Waals surface area contributed by atoms with Crippen molar-refractivity contribution in [3.63, 3.8) is 0 Å². The first-order chi connectivity index (χ1) is 12.2.